The number of anilines is 1. The van der Waals surface area contributed by atoms with E-state index in [1.807, 2.05) is 0 Å². The normalized spacial score (nSPS) is 10.6. The molecule has 2 aromatic rings. The fourth-order valence-corrected chi connectivity index (χ4v) is 2.76. The van der Waals surface area contributed by atoms with Crippen molar-refractivity contribution < 1.29 is 12.8 Å². The summed E-state index contributed by atoms with van der Waals surface area (Å²) in [5.74, 6) is 4.72. The minimum atomic E-state index is -3.75. The molecular formula is C15H13FN2O2S. The van der Waals surface area contributed by atoms with Gasteiger partial charge in [-0.25, -0.2) is 12.8 Å². The molecule has 0 fully saturated rings. The van der Waals surface area contributed by atoms with E-state index in [1.165, 1.54) is 18.2 Å². The number of hydrogen-bond donors (Lipinski definition) is 2. The third-order valence-corrected chi connectivity index (χ3v) is 3.99. The van der Waals surface area contributed by atoms with Gasteiger partial charge in [0.2, 0.25) is 0 Å². The van der Waals surface area contributed by atoms with Crippen LogP contribution in [-0.2, 0) is 10.0 Å². The van der Waals surface area contributed by atoms with Crippen LogP contribution in [0.25, 0.3) is 0 Å². The van der Waals surface area contributed by atoms with Crippen molar-refractivity contribution in [1.29, 1.82) is 0 Å². The Morgan fingerprint density at radius 3 is 2.52 bits per heavy atom. The number of nitrogens with one attached hydrogen (secondary N) is 1. The van der Waals surface area contributed by atoms with Crippen LogP contribution < -0.4 is 10.5 Å². The summed E-state index contributed by atoms with van der Waals surface area (Å²) >= 11 is 0. The topological polar surface area (TPSA) is 72.2 Å². The number of sulfonamides is 1. The van der Waals surface area contributed by atoms with Crippen molar-refractivity contribution in [2.45, 2.75) is 4.90 Å². The van der Waals surface area contributed by atoms with Crippen molar-refractivity contribution in [2.75, 3.05) is 11.3 Å². The van der Waals surface area contributed by atoms with Crippen molar-refractivity contribution in [2.24, 2.45) is 5.73 Å². The predicted octanol–water partition coefficient (Wildman–Crippen LogP) is 1.94. The summed E-state index contributed by atoms with van der Waals surface area (Å²) in [5.41, 5.74) is 5.72. The quantitative estimate of drug-likeness (QED) is 0.851. The molecule has 0 aliphatic carbocycles. The van der Waals surface area contributed by atoms with E-state index >= 15 is 0 Å². The van der Waals surface area contributed by atoms with E-state index in [0.29, 0.717) is 0 Å². The molecule has 0 bridgehead atoms. The maximum absolute atomic E-state index is 13.3. The van der Waals surface area contributed by atoms with Crippen LogP contribution in [0.5, 0.6) is 0 Å². The molecule has 21 heavy (non-hydrogen) atoms. The Labute approximate surface area is 122 Å². The van der Waals surface area contributed by atoms with Gasteiger partial charge in [0.25, 0.3) is 10.0 Å². The highest BCUT2D eigenvalue weighted by Gasteiger charge is 2.15. The molecule has 2 rings (SSSR count). The van der Waals surface area contributed by atoms with Gasteiger partial charge in [-0.05, 0) is 30.3 Å². The van der Waals surface area contributed by atoms with Gasteiger partial charge in [-0.15, -0.1) is 0 Å². The van der Waals surface area contributed by atoms with E-state index in [9.17, 15) is 12.8 Å². The van der Waals surface area contributed by atoms with E-state index in [1.54, 1.807) is 18.2 Å². The van der Waals surface area contributed by atoms with Gasteiger partial charge in [-0.1, -0.05) is 30.0 Å². The van der Waals surface area contributed by atoms with Crippen molar-refractivity contribution >= 4 is 15.7 Å². The van der Waals surface area contributed by atoms with E-state index in [4.69, 9.17) is 5.73 Å². The van der Waals surface area contributed by atoms with Crippen LogP contribution in [0.15, 0.2) is 53.4 Å². The van der Waals surface area contributed by atoms with E-state index in [0.717, 1.165) is 12.1 Å². The standard InChI is InChI=1S/C15H13FN2O2S/c16-13-8-9-15(12(11-13)5-4-10-17)18-21(19,20)14-6-2-1-3-7-14/h1-3,6-9,11,18H,10,17H2. The molecule has 0 amide bonds. The molecule has 3 N–H and O–H groups in total. The summed E-state index contributed by atoms with van der Waals surface area (Å²) in [6.45, 7) is 0.0986. The van der Waals surface area contributed by atoms with Gasteiger partial charge >= 0.3 is 0 Å². The Kier molecular flexibility index (Phi) is 4.58. The first-order chi connectivity index (χ1) is 10.0. The van der Waals surface area contributed by atoms with Gasteiger partial charge in [0.05, 0.1) is 22.7 Å². The van der Waals surface area contributed by atoms with Crippen LogP contribution in [0.1, 0.15) is 5.56 Å². The minimum absolute atomic E-state index is 0.0986. The SMILES string of the molecule is NCC#Cc1cc(F)ccc1NS(=O)(=O)c1ccccc1. The van der Waals surface area contributed by atoms with Crippen LogP contribution in [0.3, 0.4) is 0 Å². The first-order valence-electron chi connectivity index (χ1n) is 6.09. The lowest BCUT2D eigenvalue weighted by Gasteiger charge is -2.10. The molecule has 0 aliphatic heterocycles. The van der Waals surface area contributed by atoms with Crippen molar-refractivity contribution in [3.8, 4) is 11.8 Å². The Bertz CT molecular complexity index is 793. The van der Waals surface area contributed by atoms with Gasteiger partial charge in [0.15, 0.2) is 0 Å². The molecule has 0 saturated heterocycles. The number of nitrogens with two attached hydrogens (primary N) is 1. The summed E-state index contributed by atoms with van der Waals surface area (Å²) in [4.78, 5) is 0.118. The maximum Gasteiger partial charge on any atom is 0.261 e. The van der Waals surface area contributed by atoms with Gasteiger partial charge in [0.1, 0.15) is 5.82 Å². The molecule has 0 radical (unpaired) electrons. The number of rotatable bonds is 3. The minimum Gasteiger partial charge on any atom is -0.320 e. The Morgan fingerprint density at radius 1 is 1.14 bits per heavy atom. The van der Waals surface area contributed by atoms with E-state index < -0.39 is 15.8 Å². The van der Waals surface area contributed by atoms with Gasteiger partial charge in [-0.2, -0.15) is 0 Å². The van der Waals surface area contributed by atoms with Gasteiger partial charge in [-0.3, -0.25) is 4.72 Å². The third-order valence-electron chi connectivity index (χ3n) is 2.60. The highest BCUT2D eigenvalue weighted by molar-refractivity contribution is 7.92. The van der Waals surface area contributed by atoms with Crippen LogP contribution in [0, 0.1) is 17.7 Å². The Hall–Kier alpha value is -2.36. The summed E-state index contributed by atoms with van der Waals surface area (Å²) < 4.78 is 40.1. The first-order valence-corrected chi connectivity index (χ1v) is 7.57. The molecule has 0 heterocycles. The molecule has 0 saturated carbocycles. The van der Waals surface area contributed by atoms with E-state index in [-0.39, 0.29) is 22.7 Å². The second kappa shape index (κ2) is 6.39. The van der Waals surface area contributed by atoms with Crippen molar-refractivity contribution in [1.82, 2.24) is 0 Å². The largest absolute Gasteiger partial charge is 0.320 e. The lowest BCUT2D eigenvalue weighted by molar-refractivity contribution is 0.601. The summed E-state index contributed by atoms with van der Waals surface area (Å²) in [6, 6.07) is 11.5. The molecule has 0 aliphatic rings. The molecule has 4 nitrogen and oxygen atoms in total. The monoisotopic (exact) mass is 304 g/mol. The molecule has 108 valence electrons. The van der Waals surface area contributed by atoms with Crippen molar-refractivity contribution in [3.05, 3.63) is 59.9 Å². The fraction of sp³-hybridized carbons (Fsp3) is 0.0667. The Balaban J connectivity index is 2.40. The lowest BCUT2D eigenvalue weighted by Crippen LogP contribution is -2.13. The fourth-order valence-electron chi connectivity index (χ4n) is 1.66. The van der Waals surface area contributed by atoms with Crippen molar-refractivity contribution in [3.63, 3.8) is 0 Å². The smallest absolute Gasteiger partial charge is 0.261 e. The first kappa shape index (κ1) is 15.0. The van der Waals surface area contributed by atoms with E-state index in [2.05, 4.69) is 16.6 Å². The number of hydrogen-bond acceptors (Lipinski definition) is 3. The van der Waals surface area contributed by atoms with Crippen LogP contribution in [0.4, 0.5) is 10.1 Å². The molecule has 6 heteroatoms. The maximum atomic E-state index is 13.3. The highest BCUT2D eigenvalue weighted by Crippen LogP contribution is 2.20. The zero-order valence-corrected chi connectivity index (χ0v) is 11.8. The number of benzene rings is 2. The Morgan fingerprint density at radius 2 is 1.86 bits per heavy atom. The lowest BCUT2D eigenvalue weighted by atomic mass is 10.2. The molecule has 0 unspecified atom stereocenters. The molecular weight excluding hydrogens is 291 g/mol. The third kappa shape index (κ3) is 3.81. The highest BCUT2D eigenvalue weighted by atomic mass is 32.2. The molecule has 0 atom stereocenters. The predicted molar refractivity (Wildman–Crippen MR) is 79.6 cm³/mol. The zero-order chi connectivity index (χ0) is 15.3. The number of halogens is 1. The van der Waals surface area contributed by atoms with Crippen LogP contribution in [-0.4, -0.2) is 15.0 Å². The van der Waals surface area contributed by atoms with Crippen LogP contribution >= 0.6 is 0 Å². The molecule has 0 spiro atoms. The van der Waals surface area contributed by atoms with Crippen LogP contribution in [0.2, 0.25) is 0 Å². The second-order valence-electron chi connectivity index (χ2n) is 4.11. The second-order valence-corrected chi connectivity index (χ2v) is 5.80. The molecule has 2 aromatic carbocycles. The zero-order valence-electron chi connectivity index (χ0n) is 11.0. The van der Waals surface area contributed by atoms with Gasteiger partial charge < -0.3 is 5.73 Å². The summed E-state index contributed by atoms with van der Waals surface area (Å²) in [5, 5.41) is 0. The molecule has 0 aromatic heterocycles. The van der Waals surface area contributed by atoms with Gasteiger partial charge in [0, 0.05) is 0 Å². The summed E-state index contributed by atoms with van der Waals surface area (Å²) in [6.07, 6.45) is 0. The average Bonchev–Trinajstić information content (AvgIpc) is 2.48. The summed E-state index contributed by atoms with van der Waals surface area (Å²) in [7, 11) is -3.75. The average molecular weight is 304 g/mol.